The average molecular weight is 522 g/mol. The van der Waals surface area contributed by atoms with Gasteiger partial charge in [0.2, 0.25) is 10.0 Å². The molecule has 2 aromatic rings. The third kappa shape index (κ3) is 7.37. The molecule has 1 aliphatic heterocycles. The third-order valence-electron chi connectivity index (χ3n) is 6.45. The molecule has 0 aliphatic carbocycles. The summed E-state index contributed by atoms with van der Waals surface area (Å²) < 4.78 is 39.1. The quantitative estimate of drug-likeness (QED) is 0.357. The molecule has 1 saturated heterocycles. The fourth-order valence-electron chi connectivity index (χ4n) is 4.05. The second-order valence-electron chi connectivity index (χ2n) is 9.39. The van der Waals surface area contributed by atoms with E-state index in [4.69, 9.17) is 0 Å². The number of hydrogen-bond donors (Lipinski definition) is 4. The second-order valence-corrected chi connectivity index (χ2v) is 11.4. The Hall–Kier alpha value is -2.76. The van der Waals surface area contributed by atoms with Crippen molar-refractivity contribution in [2.75, 3.05) is 29.5 Å². The Kier molecular flexibility index (Phi) is 9.26. The Bertz CT molecular complexity index is 1130. The molecule has 11 heteroatoms. The Balaban J connectivity index is 1.91. The van der Waals surface area contributed by atoms with Gasteiger partial charge in [-0.3, -0.25) is 9.10 Å². The molecule has 4 N–H and O–H groups in total. The topological polar surface area (TPSA) is 124 Å². The van der Waals surface area contributed by atoms with Crippen molar-refractivity contribution in [2.45, 2.75) is 63.5 Å². The standard InChI is InChI=1S/C25H36FN5O4S/c1-5-16(2)28-22-12-18(13-23(30-22)31(3)36(4,34)35)25(33)29-21(11-17-9-7-6-8-10-17)24(32)20-14-19(26)15-27-20/h6-10,12-13,16,19-21,24,27,32H,5,11,14-15H2,1-4H3,(H,28,30)(H,29,33)/t16?,19-,20?,21-,24-/m0/s1. The molecule has 0 bridgehead atoms. The van der Waals surface area contributed by atoms with Crippen LogP contribution in [0.3, 0.4) is 0 Å². The molecular formula is C25H36FN5O4S. The second kappa shape index (κ2) is 12.0. The monoisotopic (exact) mass is 521 g/mol. The van der Waals surface area contributed by atoms with Crippen molar-refractivity contribution in [2.24, 2.45) is 0 Å². The highest BCUT2D eigenvalue weighted by molar-refractivity contribution is 7.92. The molecule has 1 amide bonds. The van der Waals surface area contributed by atoms with E-state index in [-0.39, 0.29) is 30.4 Å². The van der Waals surface area contributed by atoms with Crippen molar-refractivity contribution in [3.8, 4) is 0 Å². The number of benzene rings is 1. The molecule has 3 rings (SSSR count). The fraction of sp³-hybridized carbons (Fsp3) is 0.520. The molecular weight excluding hydrogens is 485 g/mol. The van der Waals surface area contributed by atoms with E-state index in [1.807, 2.05) is 44.2 Å². The lowest BCUT2D eigenvalue weighted by Crippen LogP contribution is -2.52. The van der Waals surface area contributed by atoms with E-state index in [1.54, 1.807) is 6.07 Å². The number of pyridine rings is 1. The highest BCUT2D eigenvalue weighted by Crippen LogP contribution is 2.22. The van der Waals surface area contributed by atoms with Gasteiger partial charge in [0.15, 0.2) is 0 Å². The number of carbonyl (C=O) groups excluding carboxylic acids is 1. The number of alkyl halides is 1. The number of aliphatic hydroxyl groups excluding tert-OH is 1. The minimum atomic E-state index is -3.62. The molecule has 1 aromatic carbocycles. The lowest BCUT2D eigenvalue weighted by atomic mass is 9.95. The number of halogens is 1. The Morgan fingerprint density at radius 3 is 2.58 bits per heavy atom. The van der Waals surface area contributed by atoms with E-state index >= 15 is 0 Å². The molecule has 36 heavy (non-hydrogen) atoms. The van der Waals surface area contributed by atoms with Gasteiger partial charge in [-0.15, -0.1) is 0 Å². The van der Waals surface area contributed by atoms with Crippen LogP contribution in [0.4, 0.5) is 16.0 Å². The first-order chi connectivity index (χ1) is 17.0. The van der Waals surface area contributed by atoms with Gasteiger partial charge in [0.25, 0.3) is 5.91 Å². The molecule has 9 nitrogen and oxygen atoms in total. The number of aromatic nitrogens is 1. The molecule has 0 spiro atoms. The SMILES string of the molecule is CCC(C)Nc1cc(C(=O)N[C@@H](Cc2ccccc2)[C@@H](O)C2C[C@H](F)CN2)cc(N(C)S(C)(=O)=O)n1. The number of aliphatic hydroxyl groups is 1. The van der Waals surface area contributed by atoms with Gasteiger partial charge >= 0.3 is 0 Å². The summed E-state index contributed by atoms with van der Waals surface area (Å²) in [7, 11) is -2.25. The van der Waals surface area contributed by atoms with Crippen LogP contribution in [0.2, 0.25) is 0 Å². The minimum absolute atomic E-state index is 0.0435. The molecule has 1 aromatic heterocycles. The lowest BCUT2D eigenvalue weighted by Gasteiger charge is -2.29. The molecule has 2 heterocycles. The number of sulfonamides is 1. The zero-order valence-corrected chi connectivity index (χ0v) is 21.9. The van der Waals surface area contributed by atoms with Gasteiger partial charge in [-0.25, -0.2) is 17.8 Å². The smallest absolute Gasteiger partial charge is 0.251 e. The van der Waals surface area contributed by atoms with Crippen LogP contribution < -0.4 is 20.3 Å². The molecule has 0 radical (unpaired) electrons. The first-order valence-electron chi connectivity index (χ1n) is 12.1. The van der Waals surface area contributed by atoms with Gasteiger partial charge in [0, 0.05) is 31.2 Å². The van der Waals surface area contributed by atoms with E-state index in [0.717, 1.165) is 22.5 Å². The summed E-state index contributed by atoms with van der Waals surface area (Å²) in [5, 5.41) is 20.2. The van der Waals surface area contributed by atoms with Crippen LogP contribution in [0.25, 0.3) is 0 Å². The first kappa shape index (κ1) is 27.8. The van der Waals surface area contributed by atoms with Crippen molar-refractivity contribution < 1.29 is 22.7 Å². The van der Waals surface area contributed by atoms with Gasteiger partial charge in [0.1, 0.15) is 17.8 Å². The number of anilines is 2. The summed E-state index contributed by atoms with van der Waals surface area (Å²) >= 11 is 0. The summed E-state index contributed by atoms with van der Waals surface area (Å²) in [6, 6.07) is 11.2. The van der Waals surface area contributed by atoms with Crippen molar-refractivity contribution in [3.05, 3.63) is 53.6 Å². The number of carbonyl (C=O) groups is 1. The maximum atomic E-state index is 13.8. The maximum absolute atomic E-state index is 13.8. The Morgan fingerprint density at radius 1 is 1.31 bits per heavy atom. The van der Waals surface area contributed by atoms with Crippen LogP contribution in [-0.2, 0) is 16.4 Å². The molecule has 5 atom stereocenters. The van der Waals surface area contributed by atoms with E-state index in [0.29, 0.717) is 12.2 Å². The average Bonchev–Trinajstić information content (AvgIpc) is 3.28. The van der Waals surface area contributed by atoms with Crippen LogP contribution in [0.5, 0.6) is 0 Å². The molecule has 0 saturated carbocycles. The van der Waals surface area contributed by atoms with Crippen LogP contribution in [0, 0.1) is 0 Å². The van der Waals surface area contributed by atoms with Gasteiger partial charge in [-0.1, -0.05) is 37.3 Å². The summed E-state index contributed by atoms with van der Waals surface area (Å²) in [5.74, 6) is -0.0447. The Morgan fingerprint density at radius 2 is 2.00 bits per heavy atom. The molecule has 2 unspecified atom stereocenters. The summed E-state index contributed by atoms with van der Waals surface area (Å²) in [4.78, 5) is 17.8. The Labute approximate surface area is 212 Å². The van der Waals surface area contributed by atoms with Crippen LogP contribution in [0.1, 0.15) is 42.6 Å². The molecule has 198 valence electrons. The highest BCUT2D eigenvalue weighted by Gasteiger charge is 2.35. The number of nitrogens with zero attached hydrogens (tertiary/aromatic N) is 2. The maximum Gasteiger partial charge on any atom is 0.251 e. The van der Waals surface area contributed by atoms with E-state index in [2.05, 4.69) is 20.9 Å². The van der Waals surface area contributed by atoms with E-state index in [1.165, 1.54) is 13.1 Å². The van der Waals surface area contributed by atoms with Crippen molar-refractivity contribution in [1.29, 1.82) is 0 Å². The van der Waals surface area contributed by atoms with Crippen LogP contribution >= 0.6 is 0 Å². The van der Waals surface area contributed by atoms with Gasteiger partial charge in [-0.2, -0.15) is 0 Å². The largest absolute Gasteiger partial charge is 0.389 e. The van der Waals surface area contributed by atoms with Gasteiger partial charge in [0.05, 0.1) is 18.4 Å². The van der Waals surface area contributed by atoms with Crippen molar-refractivity contribution in [3.63, 3.8) is 0 Å². The van der Waals surface area contributed by atoms with Crippen LogP contribution in [0.15, 0.2) is 42.5 Å². The number of rotatable bonds is 11. The highest BCUT2D eigenvalue weighted by atomic mass is 32.2. The number of nitrogens with one attached hydrogen (secondary N) is 3. The fourth-order valence-corrected chi connectivity index (χ4v) is 4.48. The zero-order chi connectivity index (χ0) is 26.5. The van der Waals surface area contributed by atoms with E-state index < -0.39 is 40.3 Å². The summed E-state index contributed by atoms with van der Waals surface area (Å²) in [5.41, 5.74) is 1.09. The molecule has 1 fully saturated rings. The first-order valence-corrected chi connectivity index (χ1v) is 14.0. The third-order valence-corrected chi connectivity index (χ3v) is 7.63. The molecule has 1 aliphatic rings. The van der Waals surface area contributed by atoms with E-state index in [9.17, 15) is 22.7 Å². The normalized spacial score (nSPS) is 20.4. The van der Waals surface area contributed by atoms with Crippen LogP contribution in [-0.4, -0.2) is 74.7 Å². The zero-order valence-electron chi connectivity index (χ0n) is 21.1. The predicted molar refractivity (Wildman–Crippen MR) is 140 cm³/mol. The summed E-state index contributed by atoms with van der Waals surface area (Å²) in [6.07, 6.45) is 0.257. The van der Waals surface area contributed by atoms with Gasteiger partial charge < -0.3 is 21.1 Å². The van der Waals surface area contributed by atoms with Crippen molar-refractivity contribution >= 4 is 27.6 Å². The van der Waals surface area contributed by atoms with Crippen molar-refractivity contribution in [1.82, 2.24) is 15.6 Å². The summed E-state index contributed by atoms with van der Waals surface area (Å²) in [6.45, 7) is 4.10. The number of amides is 1. The van der Waals surface area contributed by atoms with Gasteiger partial charge in [-0.05, 0) is 43.9 Å². The lowest BCUT2D eigenvalue weighted by molar-refractivity contribution is 0.0729. The minimum Gasteiger partial charge on any atom is -0.389 e. The number of hydrogen-bond acceptors (Lipinski definition) is 7. The predicted octanol–water partition coefficient (Wildman–Crippen LogP) is 2.09.